The van der Waals surface area contributed by atoms with E-state index in [0.717, 1.165) is 23.7 Å². The molecule has 5 heteroatoms. The molecule has 0 spiro atoms. The van der Waals surface area contributed by atoms with Gasteiger partial charge in [0.2, 0.25) is 0 Å². The second kappa shape index (κ2) is 4.56. The van der Waals surface area contributed by atoms with E-state index in [0.29, 0.717) is 18.1 Å². The molecule has 0 amide bonds. The maximum absolute atomic E-state index is 11.4. The highest BCUT2D eigenvalue weighted by atomic mass is 16.4. The van der Waals surface area contributed by atoms with Gasteiger partial charge in [-0.1, -0.05) is 18.2 Å². The average molecular weight is 285 g/mol. The molecule has 21 heavy (non-hydrogen) atoms. The highest BCUT2D eigenvalue weighted by molar-refractivity contribution is 6.01. The minimum Gasteiger partial charge on any atom is -0.476 e. The number of fused-ring (bicyclic) bond motifs is 3. The first-order valence-electron chi connectivity index (χ1n) is 7.57. The molecule has 1 N–H and O–H groups in total. The Labute approximate surface area is 123 Å². The van der Waals surface area contributed by atoms with E-state index < -0.39 is 5.97 Å². The summed E-state index contributed by atoms with van der Waals surface area (Å²) < 4.78 is 1.97. The fraction of sp³-hybridized carbons (Fsp3) is 0.500. The summed E-state index contributed by atoms with van der Waals surface area (Å²) in [7, 11) is 2.21. The van der Waals surface area contributed by atoms with E-state index >= 15 is 0 Å². The number of nitrogens with zero attached hydrogens (tertiary/aromatic N) is 3. The highest BCUT2D eigenvalue weighted by Gasteiger charge is 2.40. The largest absolute Gasteiger partial charge is 0.476 e. The maximum Gasteiger partial charge on any atom is 0.357 e. The maximum atomic E-state index is 11.4. The van der Waals surface area contributed by atoms with Crippen molar-refractivity contribution in [3.8, 4) is 0 Å². The zero-order chi connectivity index (χ0) is 14.6. The van der Waals surface area contributed by atoms with Gasteiger partial charge < -0.3 is 10.0 Å². The van der Waals surface area contributed by atoms with Crippen LogP contribution in [-0.2, 0) is 0 Å². The number of hydrogen-bond donors (Lipinski definition) is 1. The van der Waals surface area contributed by atoms with Gasteiger partial charge >= 0.3 is 5.97 Å². The van der Waals surface area contributed by atoms with E-state index in [1.165, 1.54) is 12.8 Å². The molecule has 110 valence electrons. The van der Waals surface area contributed by atoms with Crippen LogP contribution in [0.1, 0.15) is 42.2 Å². The molecule has 2 atom stereocenters. The molecule has 3 heterocycles. The molecule has 1 aromatic carbocycles. The van der Waals surface area contributed by atoms with Crippen LogP contribution in [0, 0.1) is 0 Å². The lowest BCUT2D eigenvalue weighted by atomic mass is 9.98. The van der Waals surface area contributed by atoms with E-state index in [-0.39, 0.29) is 5.69 Å². The van der Waals surface area contributed by atoms with Crippen molar-refractivity contribution in [1.82, 2.24) is 14.7 Å². The average Bonchev–Trinajstić information content (AvgIpc) is 2.93. The minimum absolute atomic E-state index is 0.178. The van der Waals surface area contributed by atoms with Crippen molar-refractivity contribution in [2.75, 3.05) is 7.05 Å². The van der Waals surface area contributed by atoms with E-state index in [9.17, 15) is 9.90 Å². The molecule has 4 rings (SSSR count). The number of benzene rings is 1. The molecular formula is C16H19N3O2. The van der Waals surface area contributed by atoms with Crippen molar-refractivity contribution in [3.05, 3.63) is 30.0 Å². The summed E-state index contributed by atoms with van der Waals surface area (Å²) in [5.74, 6) is -0.944. The zero-order valence-electron chi connectivity index (χ0n) is 12.1. The molecule has 2 aliphatic rings. The number of carboxylic acids is 1. The quantitative estimate of drug-likeness (QED) is 0.921. The van der Waals surface area contributed by atoms with Crippen molar-refractivity contribution >= 4 is 16.9 Å². The fourth-order valence-electron chi connectivity index (χ4n) is 4.11. The van der Waals surface area contributed by atoms with Gasteiger partial charge in [-0.2, -0.15) is 5.10 Å². The van der Waals surface area contributed by atoms with Crippen LogP contribution < -0.4 is 0 Å². The highest BCUT2D eigenvalue weighted by Crippen LogP contribution is 2.40. The summed E-state index contributed by atoms with van der Waals surface area (Å²) in [5.41, 5.74) is 1.13. The number of aromatic nitrogens is 2. The second-order valence-corrected chi connectivity index (χ2v) is 6.29. The minimum atomic E-state index is -0.944. The van der Waals surface area contributed by atoms with Crippen LogP contribution >= 0.6 is 0 Å². The van der Waals surface area contributed by atoms with Gasteiger partial charge in [-0.05, 0) is 38.8 Å². The van der Waals surface area contributed by atoms with E-state index in [4.69, 9.17) is 0 Å². The molecule has 0 radical (unpaired) electrons. The molecule has 2 aromatic rings. The Kier molecular flexibility index (Phi) is 2.79. The van der Waals surface area contributed by atoms with Crippen LogP contribution in [0.5, 0.6) is 0 Å². The third kappa shape index (κ3) is 1.87. The summed E-state index contributed by atoms with van der Waals surface area (Å²) >= 11 is 0. The number of rotatable bonds is 2. The number of aromatic carboxylic acids is 1. The van der Waals surface area contributed by atoms with Gasteiger partial charge in [0.1, 0.15) is 0 Å². The molecule has 0 unspecified atom stereocenters. The number of hydrogen-bond acceptors (Lipinski definition) is 3. The topological polar surface area (TPSA) is 58.4 Å². The van der Waals surface area contributed by atoms with Gasteiger partial charge in [0, 0.05) is 17.5 Å². The number of para-hydroxylation sites is 1. The van der Waals surface area contributed by atoms with Gasteiger partial charge in [0.25, 0.3) is 0 Å². The third-order valence-electron chi connectivity index (χ3n) is 5.24. The Morgan fingerprint density at radius 3 is 2.52 bits per heavy atom. The van der Waals surface area contributed by atoms with Gasteiger partial charge in [0.15, 0.2) is 5.69 Å². The van der Waals surface area contributed by atoms with Crippen molar-refractivity contribution in [3.63, 3.8) is 0 Å². The van der Waals surface area contributed by atoms with E-state index in [2.05, 4.69) is 17.0 Å². The second-order valence-electron chi connectivity index (χ2n) is 6.29. The Bertz CT molecular complexity index is 695. The van der Waals surface area contributed by atoms with Crippen LogP contribution in [-0.4, -0.2) is 44.9 Å². The fourth-order valence-corrected chi connectivity index (χ4v) is 4.11. The molecular weight excluding hydrogens is 266 g/mol. The van der Waals surface area contributed by atoms with Gasteiger partial charge in [-0.25, -0.2) is 4.79 Å². The SMILES string of the molecule is CN1[C@@H]2CC[C@@H]1CC(n1nc(C(=O)O)c3ccccc31)C2. The van der Waals surface area contributed by atoms with Crippen LogP contribution in [0.4, 0.5) is 0 Å². The Morgan fingerprint density at radius 2 is 1.86 bits per heavy atom. The van der Waals surface area contributed by atoms with Gasteiger partial charge in [-0.3, -0.25) is 4.68 Å². The predicted octanol–water partition coefficient (Wildman–Crippen LogP) is 2.53. The lowest BCUT2D eigenvalue weighted by molar-refractivity contribution is 0.0689. The summed E-state index contributed by atoms with van der Waals surface area (Å²) in [6, 6.07) is 9.21. The predicted molar refractivity (Wildman–Crippen MR) is 79.5 cm³/mol. The molecule has 0 saturated carbocycles. The van der Waals surface area contributed by atoms with Crippen LogP contribution in [0.3, 0.4) is 0 Å². The van der Waals surface area contributed by atoms with E-state index in [1.54, 1.807) is 0 Å². The lowest BCUT2D eigenvalue weighted by Crippen LogP contribution is -2.40. The first-order chi connectivity index (χ1) is 10.1. The Balaban J connectivity index is 1.79. The van der Waals surface area contributed by atoms with Gasteiger partial charge in [-0.15, -0.1) is 0 Å². The molecule has 2 fully saturated rings. The monoisotopic (exact) mass is 285 g/mol. The van der Waals surface area contributed by atoms with Crippen LogP contribution in [0.25, 0.3) is 10.9 Å². The summed E-state index contributed by atoms with van der Waals surface area (Å²) in [4.78, 5) is 13.9. The normalized spacial score (nSPS) is 29.1. The Hall–Kier alpha value is -1.88. The number of carbonyl (C=O) groups is 1. The van der Waals surface area contributed by atoms with Crippen molar-refractivity contribution < 1.29 is 9.90 Å². The first kappa shape index (κ1) is 12.8. The third-order valence-corrected chi connectivity index (χ3v) is 5.24. The molecule has 2 bridgehead atoms. The lowest BCUT2D eigenvalue weighted by Gasteiger charge is -2.36. The summed E-state index contributed by atoms with van der Waals surface area (Å²) in [6.45, 7) is 0. The standard InChI is InChI=1S/C16H19N3O2/c1-18-10-6-7-11(18)9-12(8-10)19-14-5-3-2-4-13(14)15(17-19)16(20)21/h2-5,10-12H,6-9H2,1H3,(H,20,21)/t10-,11-/m1/s1. The number of piperidine rings is 1. The first-order valence-corrected chi connectivity index (χ1v) is 7.57. The van der Waals surface area contributed by atoms with Crippen molar-refractivity contribution in [2.45, 2.75) is 43.8 Å². The van der Waals surface area contributed by atoms with Crippen LogP contribution in [0.2, 0.25) is 0 Å². The van der Waals surface area contributed by atoms with Crippen LogP contribution in [0.15, 0.2) is 24.3 Å². The smallest absolute Gasteiger partial charge is 0.357 e. The van der Waals surface area contributed by atoms with Gasteiger partial charge in [0.05, 0.1) is 11.6 Å². The van der Waals surface area contributed by atoms with Crippen molar-refractivity contribution in [2.24, 2.45) is 0 Å². The number of carboxylic acid groups (broad SMARTS) is 1. The summed E-state index contributed by atoms with van der Waals surface area (Å²) in [5, 5.41) is 14.5. The zero-order valence-corrected chi connectivity index (χ0v) is 12.1. The Morgan fingerprint density at radius 1 is 1.19 bits per heavy atom. The molecule has 1 aromatic heterocycles. The molecule has 2 saturated heterocycles. The molecule has 2 aliphatic heterocycles. The summed E-state index contributed by atoms with van der Waals surface area (Å²) in [6.07, 6.45) is 4.64. The molecule has 5 nitrogen and oxygen atoms in total. The molecule has 0 aliphatic carbocycles. The van der Waals surface area contributed by atoms with Crippen molar-refractivity contribution in [1.29, 1.82) is 0 Å². The van der Waals surface area contributed by atoms with E-state index in [1.807, 2.05) is 28.9 Å².